The SMILES string of the molecule is C=CC[C@]1(CO)O[C@@]2(O)OCOO[C@@H]2[C@@H](Oc2ccccc2)[C@@H]1OOC. The summed E-state index contributed by atoms with van der Waals surface area (Å²) in [6, 6.07) is 8.83. The van der Waals surface area contributed by atoms with Crippen LogP contribution in [0.1, 0.15) is 6.42 Å². The maximum absolute atomic E-state index is 10.8. The molecule has 0 unspecified atom stereocenters. The highest BCUT2D eigenvalue weighted by atomic mass is 17.3. The predicted octanol–water partition coefficient (Wildman–Crippen LogP) is 0.669. The van der Waals surface area contributed by atoms with Crippen molar-refractivity contribution in [3.8, 4) is 5.75 Å². The van der Waals surface area contributed by atoms with Gasteiger partial charge in [-0.2, -0.15) is 0 Å². The van der Waals surface area contributed by atoms with E-state index in [0.29, 0.717) is 5.75 Å². The van der Waals surface area contributed by atoms with Crippen LogP contribution in [0.2, 0.25) is 0 Å². The summed E-state index contributed by atoms with van der Waals surface area (Å²) in [5.74, 6) is -1.75. The van der Waals surface area contributed by atoms with Gasteiger partial charge in [-0.3, -0.25) is 4.74 Å². The van der Waals surface area contributed by atoms with Crippen molar-refractivity contribution < 1.29 is 44.0 Å². The number of fused-ring (bicyclic) bond motifs is 1. The second-order valence-electron chi connectivity index (χ2n) is 5.92. The van der Waals surface area contributed by atoms with Gasteiger partial charge < -0.3 is 19.7 Å². The van der Waals surface area contributed by atoms with Gasteiger partial charge in [0.25, 0.3) is 0 Å². The van der Waals surface area contributed by atoms with E-state index >= 15 is 0 Å². The molecule has 2 heterocycles. The molecule has 0 spiro atoms. The van der Waals surface area contributed by atoms with E-state index in [1.807, 2.05) is 6.07 Å². The van der Waals surface area contributed by atoms with Crippen LogP contribution in [0, 0.1) is 0 Å². The van der Waals surface area contributed by atoms with Gasteiger partial charge in [0, 0.05) is 0 Å². The molecule has 0 amide bonds. The zero-order chi connectivity index (χ0) is 18.6. The summed E-state index contributed by atoms with van der Waals surface area (Å²) in [6.07, 6.45) is -1.62. The van der Waals surface area contributed by atoms with Crippen LogP contribution in [0.4, 0.5) is 0 Å². The van der Waals surface area contributed by atoms with Gasteiger partial charge in [0.1, 0.15) is 11.4 Å². The maximum atomic E-state index is 10.8. The fourth-order valence-electron chi connectivity index (χ4n) is 3.12. The lowest BCUT2D eigenvalue weighted by Crippen LogP contribution is -2.75. The van der Waals surface area contributed by atoms with Gasteiger partial charge >= 0.3 is 5.97 Å². The monoisotopic (exact) mass is 370 g/mol. The minimum Gasteiger partial charge on any atom is -0.484 e. The summed E-state index contributed by atoms with van der Waals surface area (Å²) in [6.45, 7) is 2.78. The van der Waals surface area contributed by atoms with Gasteiger partial charge in [0.15, 0.2) is 19.0 Å². The molecule has 9 heteroatoms. The number of hydrogen-bond donors (Lipinski definition) is 2. The van der Waals surface area contributed by atoms with Crippen molar-refractivity contribution in [2.75, 3.05) is 20.5 Å². The third-order valence-electron chi connectivity index (χ3n) is 4.28. The number of aliphatic hydroxyl groups is 2. The third-order valence-corrected chi connectivity index (χ3v) is 4.28. The van der Waals surface area contributed by atoms with E-state index in [1.54, 1.807) is 24.3 Å². The lowest BCUT2D eigenvalue weighted by atomic mass is 9.83. The number of rotatable bonds is 7. The lowest BCUT2D eigenvalue weighted by Gasteiger charge is -2.54. The second kappa shape index (κ2) is 7.99. The van der Waals surface area contributed by atoms with E-state index in [1.165, 1.54) is 13.2 Å². The third kappa shape index (κ3) is 3.48. The summed E-state index contributed by atoms with van der Waals surface area (Å²) < 4.78 is 16.9. The van der Waals surface area contributed by atoms with Crippen LogP contribution in [0.3, 0.4) is 0 Å². The summed E-state index contributed by atoms with van der Waals surface area (Å²) in [5, 5.41) is 20.9. The molecule has 9 nitrogen and oxygen atoms in total. The molecule has 26 heavy (non-hydrogen) atoms. The molecule has 1 aromatic rings. The molecule has 144 valence electrons. The Morgan fingerprint density at radius 2 is 2.12 bits per heavy atom. The van der Waals surface area contributed by atoms with Gasteiger partial charge in [-0.25, -0.2) is 19.6 Å². The second-order valence-corrected chi connectivity index (χ2v) is 5.92. The van der Waals surface area contributed by atoms with Crippen LogP contribution in [-0.4, -0.2) is 60.6 Å². The molecule has 3 rings (SSSR count). The molecule has 2 aliphatic rings. The molecule has 2 saturated heterocycles. The van der Waals surface area contributed by atoms with Gasteiger partial charge in [0.2, 0.25) is 6.10 Å². The Morgan fingerprint density at radius 1 is 1.35 bits per heavy atom. The van der Waals surface area contributed by atoms with Crippen LogP contribution in [0.15, 0.2) is 43.0 Å². The van der Waals surface area contributed by atoms with E-state index in [0.717, 1.165) is 0 Å². The normalized spacial score (nSPS) is 37.0. The highest BCUT2D eigenvalue weighted by molar-refractivity contribution is 5.22. The smallest absolute Gasteiger partial charge is 0.318 e. The number of benzene rings is 1. The summed E-state index contributed by atoms with van der Waals surface area (Å²) in [5.41, 5.74) is -1.46. The molecule has 0 radical (unpaired) electrons. The van der Waals surface area contributed by atoms with Crippen LogP contribution in [0.5, 0.6) is 5.75 Å². The molecule has 1 aromatic carbocycles. The molecular weight excluding hydrogens is 348 g/mol. The Balaban J connectivity index is 2.02. The zero-order valence-electron chi connectivity index (χ0n) is 14.3. The van der Waals surface area contributed by atoms with Crippen molar-refractivity contribution in [2.24, 2.45) is 0 Å². The quantitative estimate of drug-likeness (QED) is 0.407. The zero-order valence-corrected chi connectivity index (χ0v) is 14.3. The molecule has 2 aliphatic heterocycles. The largest absolute Gasteiger partial charge is 0.484 e. The standard InChI is InChI=1S/C17H22O9/c1-3-9-16(10-18)14(24-20-2)13(23-12-7-5-4-6-8-12)15-17(19,26-16)21-11-22-25-15/h3-8,13-15,18-19H,1,9-11H2,2H3/t13-,14-,15+,16+,17-/m0/s1. The minimum absolute atomic E-state index is 0.116. The topological polar surface area (TPSA) is 105 Å². The van der Waals surface area contributed by atoms with Crippen LogP contribution in [-0.2, 0) is 29.0 Å². The molecule has 2 fully saturated rings. The first-order chi connectivity index (χ1) is 12.6. The molecule has 5 atom stereocenters. The number of hydrogen-bond acceptors (Lipinski definition) is 9. The van der Waals surface area contributed by atoms with Gasteiger partial charge in [0.05, 0.1) is 13.7 Å². The molecule has 2 N–H and O–H groups in total. The first kappa shape index (κ1) is 19.2. The molecule has 0 aromatic heterocycles. The predicted molar refractivity (Wildman–Crippen MR) is 85.3 cm³/mol. The molecule has 0 aliphatic carbocycles. The minimum atomic E-state index is -2.23. The van der Waals surface area contributed by atoms with Crippen LogP contribution >= 0.6 is 0 Å². The maximum Gasteiger partial charge on any atom is 0.318 e. The molecular formula is C17H22O9. The van der Waals surface area contributed by atoms with E-state index in [-0.39, 0.29) is 13.2 Å². The lowest BCUT2D eigenvalue weighted by molar-refractivity contribution is -0.579. The highest BCUT2D eigenvalue weighted by Gasteiger charge is 2.66. The summed E-state index contributed by atoms with van der Waals surface area (Å²) >= 11 is 0. The van der Waals surface area contributed by atoms with Crippen molar-refractivity contribution in [3.63, 3.8) is 0 Å². The Morgan fingerprint density at radius 3 is 2.77 bits per heavy atom. The first-order valence-electron chi connectivity index (χ1n) is 8.06. The number of para-hydroxylation sites is 1. The number of ether oxygens (including phenoxy) is 3. The summed E-state index contributed by atoms with van der Waals surface area (Å²) in [4.78, 5) is 20.2. The first-order valence-corrected chi connectivity index (χ1v) is 8.06. The fourth-order valence-corrected chi connectivity index (χ4v) is 3.12. The van der Waals surface area contributed by atoms with Crippen molar-refractivity contribution in [1.29, 1.82) is 0 Å². The molecule has 0 saturated carbocycles. The Kier molecular flexibility index (Phi) is 5.90. The van der Waals surface area contributed by atoms with Gasteiger partial charge in [-0.15, -0.1) is 6.58 Å². The van der Waals surface area contributed by atoms with Gasteiger partial charge in [-0.1, -0.05) is 24.3 Å². The summed E-state index contributed by atoms with van der Waals surface area (Å²) in [7, 11) is 1.31. The van der Waals surface area contributed by atoms with E-state index < -0.39 is 36.5 Å². The molecule has 0 bridgehead atoms. The van der Waals surface area contributed by atoms with Crippen LogP contribution < -0.4 is 4.74 Å². The average molecular weight is 370 g/mol. The Bertz CT molecular complexity index is 597. The highest BCUT2D eigenvalue weighted by Crippen LogP contribution is 2.43. The van der Waals surface area contributed by atoms with Crippen molar-refractivity contribution in [2.45, 2.75) is 36.3 Å². The Labute approximate surface area is 150 Å². The van der Waals surface area contributed by atoms with Crippen molar-refractivity contribution >= 4 is 0 Å². The fraction of sp³-hybridized carbons (Fsp3) is 0.529. The van der Waals surface area contributed by atoms with Crippen LogP contribution in [0.25, 0.3) is 0 Å². The van der Waals surface area contributed by atoms with E-state index in [9.17, 15) is 10.2 Å². The van der Waals surface area contributed by atoms with Crippen molar-refractivity contribution in [3.05, 3.63) is 43.0 Å². The average Bonchev–Trinajstić information content (AvgIpc) is 2.65. The van der Waals surface area contributed by atoms with E-state index in [2.05, 4.69) is 6.58 Å². The van der Waals surface area contributed by atoms with E-state index in [4.69, 9.17) is 33.8 Å². The Hall–Kier alpha value is -1.56. The van der Waals surface area contributed by atoms with Gasteiger partial charge in [-0.05, 0) is 18.6 Å². The van der Waals surface area contributed by atoms with Crippen molar-refractivity contribution in [1.82, 2.24) is 0 Å². The number of aliphatic hydroxyl groups excluding tert-OH is 1.